The van der Waals surface area contributed by atoms with E-state index in [0.29, 0.717) is 12.0 Å². The predicted molar refractivity (Wildman–Crippen MR) is 90.4 cm³/mol. The number of methoxy groups -OCH3 is 1. The van der Waals surface area contributed by atoms with E-state index >= 15 is 0 Å². The van der Waals surface area contributed by atoms with Gasteiger partial charge in [0.2, 0.25) is 0 Å². The molecule has 2 nitrogen and oxygen atoms in total. The van der Waals surface area contributed by atoms with Crippen LogP contribution < -0.4 is 10.5 Å². The van der Waals surface area contributed by atoms with Gasteiger partial charge in [0, 0.05) is 14.1 Å². The lowest BCUT2D eigenvalue weighted by Gasteiger charge is -2.16. The zero-order chi connectivity index (χ0) is 14.7. The lowest BCUT2D eigenvalue weighted by Crippen LogP contribution is -2.15. The van der Waals surface area contributed by atoms with Crippen LogP contribution in [0.1, 0.15) is 17.2 Å². The lowest BCUT2D eigenvalue weighted by atomic mass is 9.99. The quantitative estimate of drug-likeness (QED) is 0.700. The van der Waals surface area contributed by atoms with Gasteiger partial charge in [-0.2, -0.15) is 0 Å². The summed E-state index contributed by atoms with van der Waals surface area (Å²) in [4.78, 5) is 0. The molecule has 106 valence electrons. The Labute approximate surface area is 139 Å². The highest BCUT2D eigenvalue weighted by molar-refractivity contribution is 14.1. The maximum Gasteiger partial charge on any atom is 0.168 e. The van der Waals surface area contributed by atoms with Gasteiger partial charge in [-0.15, -0.1) is 0 Å². The van der Waals surface area contributed by atoms with Crippen LogP contribution in [0.3, 0.4) is 0 Å². The summed E-state index contributed by atoms with van der Waals surface area (Å²) in [5, 5.41) is 0. The van der Waals surface area contributed by atoms with Gasteiger partial charge in [0.15, 0.2) is 11.6 Å². The van der Waals surface area contributed by atoms with Crippen LogP contribution in [0.5, 0.6) is 5.75 Å². The van der Waals surface area contributed by atoms with Crippen LogP contribution in [0.25, 0.3) is 0 Å². The zero-order valence-electron chi connectivity index (χ0n) is 10.9. The van der Waals surface area contributed by atoms with Crippen molar-refractivity contribution >= 4 is 38.5 Å². The first-order chi connectivity index (χ1) is 9.52. The minimum atomic E-state index is -0.341. The largest absolute Gasteiger partial charge is 0.494 e. The van der Waals surface area contributed by atoms with Crippen LogP contribution in [-0.4, -0.2) is 7.11 Å². The first kappa shape index (κ1) is 15.7. The third-order valence-electron chi connectivity index (χ3n) is 3.06. The van der Waals surface area contributed by atoms with Gasteiger partial charge in [-0.1, -0.05) is 28.1 Å². The number of nitrogens with two attached hydrogens (primary N) is 1. The van der Waals surface area contributed by atoms with Crippen LogP contribution in [-0.2, 0) is 6.42 Å². The number of halogens is 3. The Hall–Kier alpha value is -0.660. The molecular formula is C15H14BrFINO. The molecule has 0 saturated heterocycles. The van der Waals surface area contributed by atoms with Crippen molar-refractivity contribution in [3.8, 4) is 5.75 Å². The molecule has 0 radical (unpaired) electrons. The third-order valence-corrected chi connectivity index (χ3v) is 4.45. The standard InChI is InChI=1S/C15H14BrFINO/c1-20-14-4-2-3-9(15(14)17)7-13(19)11-8-10(18)5-6-12(11)16/h2-6,8,13H,7,19H2,1H3. The van der Waals surface area contributed by atoms with E-state index < -0.39 is 0 Å². The molecule has 5 heteroatoms. The van der Waals surface area contributed by atoms with Crippen LogP contribution in [0, 0.1) is 9.39 Å². The molecule has 0 bridgehead atoms. The van der Waals surface area contributed by atoms with Crippen LogP contribution >= 0.6 is 38.5 Å². The van der Waals surface area contributed by atoms with Gasteiger partial charge >= 0.3 is 0 Å². The predicted octanol–water partition coefficient (Wildman–Crippen LogP) is 4.44. The summed E-state index contributed by atoms with van der Waals surface area (Å²) in [6, 6.07) is 10.8. The Morgan fingerprint density at radius 2 is 2.10 bits per heavy atom. The van der Waals surface area contributed by atoms with E-state index in [4.69, 9.17) is 10.5 Å². The van der Waals surface area contributed by atoms with Crippen LogP contribution in [0.2, 0.25) is 0 Å². The summed E-state index contributed by atoms with van der Waals surface area (Å²) < 4.78 is 21.2. The molecule has 2 aromatic carbocycles. The van der Waals surface area contributed by atoms with E-state index in [1.165, 1.54) is 7.11 Å². The monoisotopic (exact) mass is 449 g/mol. The Balaban J connectivity index is 2.28. The topological polar surface area (TPSA) is 35.2 Å². The maximum atomic E-state index is 14.1. The van der Waals surface area contributed by atoms with E-state index in [-0.39, 0.29) is 17.6 Å². The number of hydrogen-bond acceptors (Lipinski definition) is 2. The molecule has 0 amide bonds. The molecule has 2 N–H and O–H groups in total. The molecule has 2 aromatic rings. The first-order valence-electron chi connectivity index (χ1n) is 6.05. The van der Waals surface area contributed by atoms with E-state index in [9.17, 15) is 4.39 Å². The van der Waals surface area contributed by atoms with E-state index in [1.54, 1.807) is 18.2 Å². The highest BCUT2D eigenvalue weighted by Gasteiger charge is 2.15. The number of rotatable bonds is 4. The van der Waals surface area contributed by atoms with Gasteiger partial charge in [-0.05, 0) is 64.4 Å². The number of benzene rings is 2. The SMILES string of the molecule is COc1cccc(CC(N)c2cc(I)ccc2Br)c1F. The van der Waals surface area contributed by atoms with Crippen molar-refractivity contribution in [2.24, 2.45) is 5.73 Å². The summed E-state index contributed by atoms with van der Waals surface area (Å²) in [6.45, 7) is 0. The fraction of sp³-hybridized carbons (Fsp3) is 0.200. The first-order valence-corrected chi connectivity index (χ1v) is 7.92. The second-order valence-electron chi connectivity index (χ2n) is 4.41. The molecule has 0 fully saturated rings. The molecule has 0 aliphatic rings. The Kier molecular flexibility index (Phi) is 5.40. The van der Waals surface area contributed by atoms with Crippen molar-refractivity contribution in [1.82, 2.24) is 0 Å². The highest BCUT2D eigenvalue weighted by atomic mass is 127. The van der Waals surface area contributed by atoms with Crippen molar-refractivity contribution in [2.45, 2.75) is 12.5 Å². The van der Waals surface area contributed by atoms with Crippen molar-refractivity contribution < 1.29 is 9.13 Å². The Bertz CT molecular complexity index is 621. The molecule has 0 heterocycles. The molecule has 20 heavy (non-hydrogen) atoms. The lowest BCUT2D eigenvalue weighted by molar-refractivity contribution is 0.383. The average molecular weight is 450 g/mol. The van der Waals surface area contributed by atoms with E-state index in [1.807, 2.05) is 18.2 Å². The smallest absolute Gasteiger partial charge is 0.168 e. The van der Waals surface area contributed by atoms with Gasteiger partial charge in [0.05, 0.1) is 7.11 Å². The average Bonchev–Trinajstić information content (AvgIpc) is 2.43. The summed E-state index contributed by atoms with van der Waals surface area (Å²) in [6.07, 6.45) is 0.418. The fourth-order valence-corrected chi connectivity index (χ4v) is 3.07. The minimum Gasteiger partial charge on any atom is -0.494 e. The van der Waals surface area contributed by atoms with Gasteiger partial charge in [0.1, 0.15) is 0 Å². The highest BCUT2D eigenvalue weighted by Crippen LogP contribution is 2.28. The zero-order valence-corrected chi connectivity index (χ0v) is 14.6. The second kappa shape index (κ2) is 6.87. The normalized spacial score (nSPS) is 12.2. The molecule has 2 rings (SSSR count). The Morgan fingerprint density at radius 1 is 1.35 bits per heavy atom. The van der Waals surface area contributed by atoms with Crippen LogP contribution in [0.15, 0.2) is 40.9 Å². The summed E-state index contributed by atoms with van der Waals surface area (Å²) >= 11 is 5.72. The molecular weight excluding hydrogens is 436 g/mol. The van der Waals surface area contributed by atoms with E-state index in [2.05, 4.69) is 38.5 Å². The molecule has 0 aromatic heterocycles. The van der Waals surface area contributed by atoms with Crippen molar-refractivity contribution in [1.29, 1.82) is 0 Å². The van der Waals surface area contributed by atoms with Gasteiger partial charge in [0.25, 0.3) is 0 Å². The van der Waals surface area contributed by atoms with Crippen molar-refractivity contribution in [2.75, 3.05) is 7.11 Å². The van der Waals surface area contributed by atoms with Crippen molar-refractivity contribution in [3.63, 3.8) is 0 Å². The second-order valence-corrected chi connectivity index (χ2v) is 6.51. The summed E-state index contributed by atoms with van der Waals surface area (Å²) in [5.74, 6) is -0.0939. The summed E-state index contributed by atoms with van der Waals surface area (Å²) in [7, 11) is 1.46. The van der Waals surface area contributed by atoms with Gasteiger partial charge in [-0.25, -0.2) is 4.39 Å². The molecule has 0 aliphatic carbocycles. The molecule has 0 spiro atoms. The minimum absolute atomic E-state index is 0.247. The maximum absolute atomic E-state index is 14.1. The van der Waals surface area contributed by atoms with Gasteiger partial charge < -0.3 is 10.5 Å². The molecule has 0 saturated carbocycles. The number of ether oxygens (including phenoxy) is 1. The molecule has 1 atom stereocenters. The third kappa shape index (κ3) is 3.51. The van der Waals surface area contributed by atoms with Gasteiger partial charge in [-0.3, -0.25) is 0 Å². The molecule has 1 unspecified atom stereocenters. The Morgan fingerprint density at radius 3 is 2.80 bits per heavy atom. The van der Waals surface area contributed by atoms with E-state index in [0.717, 1.165) is 13.6 Å². The summed E-state index contributed by atoms with van der Waals surface area (Å²) in [5.41, 5.74) is 7.75. The molecule has 0 aliphatic heterocycles. The fourth-order valence-electron chi connectivity index (χ4n) is 2.02. The van der Waals surface area contributed by atoms with Crippen molar-refractivity contribution in [3.05, 3.63) is 61.4 Å². The number of hydrogen-bond donors (Lipinski definition) is 1. The van der Waals surface area contributed by atoms with Crippen LogP contribution in [0.4, 0.5) is 4.39 Å².